The third-order valence-corrected chi connectivity index (χ3v) is 4.35. The average molecular weight is 375 g/mol. The van der Waals surface area contributed by atoms with Crippen LogP contribution in [0.2, 0.25) is 0 Å². The van der Waals surface area contributed by atoms with Crippen LogP contribution in [0.25, 0.3) is 5.69 Å². The van der Waals surface area contributed by atoms with Crippen molar-refractivity contribution in [1.82, 2.24) is 20.2 Å². The molecule has 0 radical (unpaired) electrons. The van der Waals surface area contributed by atoms with E-state index in [1.54, 1.807) is 6.20 Å². The van der Waals surface area contributed by atoms with E-state index < -0.39 is 0 Å². The van der Waals surface area contributed by atoms with E-state index in [4.69, 9.17) is 0 Å². The van der Waals surface area contributed by atoms with Gasteiger partial charge in [0, 0.05) is 23.6 Å². The summed E-state index contributed by atoms with van der Waals surface area (Å²) < 4.78 is 1.96. The number of hydrogen-bond donors (Lipinski definition) is 2. The summed E-state index contributed by atoms with van der Waals surface area (Å²) >= 11 is 1.34. The van der Waals surface area contributed by atoms with Gasteiger partial charge in [-0.3, -0.25) is 14.2 Å². The molecule has 26 heavy (non-hydrogen) atoms. The van der Waals surface area contributed by atoms with Gasteiger partial charge in [0.2, 0.25) is 11.8 Å². The first-order valence-corrected chi connectivity index (χ1v) is 9.45. The van der Waals surface area contributed by atoms with Crippen molar-refractivity contribution in [3.8, 4) is 5.69 Å². The van der Waals surface area contributed by atoms with Crippen LogP contribution in [0, 0.1) is 13.8 Å². The molecule has 0 fully saturated rings. The van der Waals surface area contributed by atoms with E-state index in [1.165, 1.54) is 22.9 Å². The van der Waals surface area contributed by atoms with Gasteiger partial charge in [-0.1, -0.05) is 17.8 Å². The number of nitrogens with zero attached hydrogens (tertiary/aromatic N) is 2. The van der Waals surface area contributed by atoms with Crippen LogP contribution in [0.3, 0.4) is 0 Å². The first kappa shape index (κ1) is 20.0. The molecule has 1 aromatic heterocycles. The van der Waals surface area contributed by atoms with Gasteiger partial charge in [-0.05, 0) is 57.9 Å². The molecule has 7 heteroatoms. The zero-order chi connectivity index (χ0) is 19.3. The third kappa shape index (κ3) is 6.22. The number of benzene rings is 1. The molecule has 0 aliphatic heterocycles. The van der Waals surface area contributed by atoms with E-state index >= 15 is 0 Å². The van der Waals surface area contributed by atoms with E-state index in [9.17, 15) is 9.59 Å². The summed E-state index contributed by atoms with van der Waals surface area (Å²) in [7, 11) is 0. The molecule has 2 amide bonds. The zero-order valence-electron chi connectivity index (χ0n) is 15.9. The second-order valence-corrected chi connectivity index (χ2v) is 8.23. The first-order valence-electron chi connectivity index (χ1n) is 8.46. The smallest absolute Gasteiger partial charge is 0.239 e. The van der Waals surface area contributed by atoms with Crippen LogP contribution in [0.15, 0.2) is 35.7 Å². The van der Waals surface area contributed by atoms with E-state index in [-0.39, 0.29) is 29.7 Å². The molecule has 0 saturated carbocycles. The highest BCUT2D eigenvalue weighted by Gasteiger charge is 2.15. The Labute approximate surface area is 158 Å². The number of amides is 2. The molecular formula is C19H26N4O2S. The average Bonchev–Trinajstić information content (AvgIpc) is 2.97. The van der Waals surface area contributed by atoms with Crippen molar-refractivity contribution in [3.63, 3.8) is 0 Å². The number of nitrogens with one attached hydrogen (secondary N) is 2. The minimum absolute atomic E-state index is 0.0256. The van der Waals surface area contributed by atoms with Crippen molar-refractivity contribution < 1.29 is 9.59 Å². The molecule has 0 spiro atoms. The molecular weight excluding hydrogens is 348 g/mol. The fraction of sp³-hybridized carbons (Fsp3) is 0.421. The van der Waals surface area contributed by atoms with Crippen molar-refractivity contribution >= 4 is 23.6 Å². The van der Waals surface area contributed by atoms with Crippen LogP contribution in [0.4, 0.5) is 0 Å². The molecule has 0 aliphatic carbocycles. The quantitative estimate of drug-likeness (QED) is 0.762. The Morgan fingerprint density at radius 1 is 1.12 bits per heavy atom. The van der Waals surface area contributed by atoms with E-state index in [0.29, 0.717) is 0 Å². The topological polar surface area (TPSA) is 76.0 Å². The highest BCUT2D eigenvalue weighted by Crippen LogP contribution is 2.22. The monoisotopic (exact) mass is 374 g/mol. The molecule has 2 aromatic rings. The predicted molar refractivity (Wildman–Crippen MR) is 105 cm³/mol. The highest BCUT2D eigenvalue weighted by molar-refractivity contribution is 7.99. The summed E-state index contributed by atoms with van der Waals surface area (Å²) in [6, 6.07) is 6.27. The van der Waals surface area contributed by atoms with Gasteiger partial charge in [-0.25, -0.2) is 4.98 Å². The number of thioether (sulfide) groups is 1. The number of carbonyl (C=O) groups is 2. The van der Waals surface area contributed by atoms with Gasteiger partial charge < -0.3 is 10.6 Å². The Kier molecular flexibility index (Phi) is 6.47. The number of aryl methyl sites for hydroxylation is 2. The predicted octanol–water partition coefficient (Wildman–Crippen LogP) is 2.61. The molecule has 2 N–H and O–H groups in total. The highest BCUT2D eigenvalue weighted by atomic mass is 32.2. The van der Waals surface area contributed by atoms with E-state index in [1.807, 2.05) is 31.5 Å². The standard InChI is InChI=1S/C19H26N4O2S/c1-13-8-14(2)10-15(9-13)23-7-6-20-18(23)26-12-17(25)21-11-16(24)22-19(3,4)5/h6-10H,11-12H2,1-5H3,(H,21,25)(H,22,24). The van der Waals surface area contributed by atoms with Gasteiger partial charge in [0.25, 0.3) is 0 Å². The van der Waals surface area contributed by atoms with Crippen molar-refractivity contribution in [1.29, 1.82) is 0 Å². The maximum absolute atomic E-state index is 12.0. The fourth-order valence-electron chi connectivity index (χ4n) is 2.51. The second kappa shape index (κ2) is 8.40. The Balaban J connectivity index is 1.91. The van der Waals surface area contributed by atoms with Crippen molar-refractivity contribution in [2.45, 2.75) is 45.3 Å². The van der Waals surface area contributed by atoms with Gasteiger partial charge in [0.1, 0.15) is 0 Å². The summed E-state index contributed by atoms with van der Waals surface area (Å²) in [5.74, 6) is -0.202. The van der Waals surface area contributed by atoms with Gasteiger partial charge >= 0.3 is 0 Å². The van der Waals surface area contributed by atoms with Crippen LogP contribution in [0.5, 0.6) is 0 Å². The maximum atomic E-state index is 12.0. The van der Waals surface area contributed by atoms with Gasteiger partial charge in [0.15, 0.2) is 5.16 Å². The normalized spacial score (nSPS) is 11.3. The molecule has 140 valence electrons. The minimum atomic E-state index is -0.312. The molecule has 0 bridgehead atoms. The Hall–Kier alpha value is -2.28. The van der Waals surface area contributed by atoms with Crippen LogP contribution < -0.4 is 10.6 Å². The lowest BCUT2D eigenvalue weighted by molar-refractivity contribution is -0.125. The molecule has 0 aliphatic rings. The largest absolute Gasteiger partial charge is 0.350 e. The summed E-state index contributed by atoms with van der Waals surface area (Å²) in [6.45, 7) is 9.77. The number of carbonyl (C=O) groups excluding carboxylic acids is 2. The zero-order valence-corrected chi connectivity index (χ0v) is 16.7. The lowest BCUT2D eigenvalue weighted by Crippen LogP contribution is -2.46. The molecule has 1 aromatic carbocycles. The molecule has 6 nitrogen and oxygen atoms in total. The lowest BCUT2D eigenvalue weighted by atomic mass is 10.1. The first-order chi connectivity index (χ1) is 12.1. The van der Waals surface area contributed by atoms with Crippen LogP contribution in [-0.2, 0) is 9.59 Å². The second-order valence-electron chi connectivity index (χ2n) is 7.29. The molecule has 0 saturated heterocycles. The third-order valence-electron chi connectivity index (χ3n) is 3.38. The molecule has 0 unspecified atom stereocenters. The van der Waals surface area contributed by atoms with Crippen LogP contribution >= 0.6 is 11.8 Å². The minimum Gasteiger partial charge on any atom is -0.350 e. The number of imidazole rings is 1. The maximum Gasteiger partial charge on any atom is 0.239 e. The number of rotatable bonds is 6. The van der Waals surface area contributed by atoms with Crippen LogP contribution in [0.1, 0.15) is 31.9 Å². The summed E-state index contributed by atoms with van der Waals surface area (Å²) in [5, 5.41) is 6.18. The molecule has 2 rings (SSSR count). The Bertz CT molecular complexity index is 773. The van der Waals surface area contributed by atoms with Crippen molar-refractivity contribution in [2.24, 2.45) is 0 Å². The van der Waals surface area contributed by atoms with Gasteiger partial charge in [-0.2, -0.15) is 0 Å². The number of hydrogen-bond acceptors (Lipinski definition) is 4. The summed E-state index contributed by atoms with van der Waals surface area (Å²) in [6.07, 6.45) is 3.60. The lowest BCUT2D eigenvalue weighted by Gasteiger charge is -2.20. The molecule has 0 atom stereocenters. The van der Waals surface area contributed by atoms with Crippen molar-refractivity contribution in [3.05, 3.63) is 41.7 Å². The Morgan fingerprint density at radius 3 is 2.38 bits per heavy atom. The van der Waals surface area contributed by atoms with Gasteiger partial charge in [-0.15, -0.1) is 0 Å². The summed E-state index contributed by atoms with van der Waals surface area (Å²) in [5.41, 5.74) is 3.06. The molecule has 1 heterocycles. The SMILES string of the molecule is Cc1cc(C)cc(-n2ccnc2SCC(=O)NCC(=O)NC(C)(C)C)c1. The van der Waals surface area contributed by atoms with Gasteiger partial charge in [0.05, 0.1) is 12.3 Å². The number of aromatic nitrogens is 2. The Morgan fingerprint density at radius 2 is 1.77 bits per heavy atom. The van der Waals surface area contributed by atoms with E-state index in [0.717, 1.165) is 10.8 Å². The summed E-state index contributed by atoms with van der Waals surface area (Å²) in [4.78, 5) is 28.1. The van der Waals surface area contributed by atoms with Crippen LogP contribution in [-0.4, -0.2) is 39.2 Å². The van der Waals surface area contributed by atoms with E-state index in [2.05, 4.69) is 47.7 Å². The van der Waals surface area contributed by atoms with Crippen molar-refractivity contribution in [2.75, 3.05) is 12.3 Å². The fourth-order valence-corrected chi connectivity index (χ4v) is 3.31.